The first-order valence-corrected chi connectivity index (χ1v) is 8.11. The molecule has 3 rings (SSSR count). The number of aromatic carboxylic acids is 1. The topological polar surface area (TPSA) is 88.6 Å². The maximum absolute atomic E-state index is 13.5. The number of carboxylic acids is 1. The second kappa shape index (κ2) is 6.95. The average molecular weight is 367 g/mol. The molecule has 3 aromatic rings. The normalized spacial score (nSPS) is 10.6. The first-order chi connectivity index (χ1) is 12.8. The third-order valence-electron chi connectivity index (χ3n) is 4.22. The van der Waals surface area contributed by atoms with E-state index < -0.39 is 17.2 Å². The minimum Gasteiger partial charge on any atom is -0.477 e. The smallest absolute Gasteiger partial charge is 0.341 e. The Morgan fingerprint density at radius 1 is 1.11 bits per heavy atom. The predicted molar refractivity (Wildman–Crippen MR) is 103 cm³/mol. The molecule has 6 nitrogen and oxygen atoms in total. The van der Waals surface area contributed by atoms with Gasteiger partial charge in [0, 0.05) is 37.7 Å². The van der Waals surface area contributed by atoms with Gasteiger partial charge in [0.2, 0.25) is 0 Å². The number of hydrogen-bond donors (Lipinski definition) is 2. The van der Waals surface area contributed by atoms with Gasteiger partial charge < -0.3 is 20.3 Å². The molecule has 0 aliphatic rings. The Bertz CT molecular complexity index is 1070. The van der Waals surface area contributed by atoms with Gasteiger partial charge in [0.15, 0.2) is 5.43 Å². The van der Waals surface area contributed by atoms with Crippen LogP contribution in [0.5, 0.6) is 0 Å². The van der Waals surface area contributed by atoms with Crippen molar-refractivity contribution in [2.45, 2.75) is 0 Å². The summed E-state index contributed by atoms with van der Waals surface area (Å²) in [7, 11) is 3.82. The minimum atomic E-state index is -1.33. The van der Waals surface area contributed by atoms with Crippen LogP contribution in [0.1, 0.15) is 10.4 Å². The number of pyridine rings is 1. The molecule has 1 heterocycles. The number of rotatable bonds is 4. The van der Waals surface area contributed by atoms with Crippen LogP contribution in [0.25, 0.3) is 16.9 Å². The zero-order valence-electron chi connectivity index (χ0n) is 14.8. The van der Waals surface area contributed by atoms with Crippen molar-refractivity contribution in [1.82, 2.24) is 4.57 Å². The van der Waals surface area contributed by atoms with Gasteiger partial charge in [0.05, 0.1) is 11.4 Å². The monoisotopic (exact) mass is 367 g/mol. The van der Waals surface area contributed by atoms with Crippen molar-refractivity contribution in [3.8, 4) is 16.9 Å². The van der Waals surface area contributed by atoms with Crippen molar-refractivity contribution in [3.63, 3.8) is 0 Å². The number of nitrogens with zero attached hydrogens (tertiary/aromatic N) is 2. The fourth-order valence-electron chi connectivity index (χ4n) is 2.74. The van der Waals surface area contributed by atoms with Crippen molar-refractivity contribution in [2.75, 3.05) is 24.7 Å². The lowest BCUT2D eigenvalue weighted by Gasteiger charge is -2.17. The summed E-state index contributed by atoms with van der Waals surface area (Å²) >= 11 is 0. The van der Waals surface area contributed by atoms with E-state index in [2.05, 4.69) is 0 Å². The van der Waals surface area contributed by atoms with Gasteiger partial charge in [0.1, 0.15) is 11.4 Å². The first kappa shape index (κ1) is 18.2. The number of nitrogens with two attached hydrogens (primary N) is 1. The van der Waals surface area contributed by atoms with Gasteiger partial charge >= 0.3 is 5.97 Å². The van der Waals surface area contributed by atoms with Gasteiger partial charge in [-0.25, -0.2) is 9.18 Å². The van der Waals surface area contributed by atoms with E-state index in [9.17, 15) is 19.1 Å². The Morgan fingerprint density at radius 2 is 1.78 bits per heavy atom. The number of aromatic nitrogens is 1. The van der Waals surface area contributed by atoms with Crippen LogP contribution in [0, 0.1) is 5.82 Å². The predicted octanol–water partition coefficient (Wildman–Crippen LogP) is 2.99. The molecule has 27 heavy (non-hydrogen) atoms. The molecule has 0 spiro atoms. The molecule has 0 saturated heterocycles. The summed E-state index contributed by atoms with van der Waals surface area (Å²) in [5, 5.41) is 9.29. The van der Waals surface area contributed by atoms with Crippen LogP contribution in [0.2, 0.25) is 0 Å². The molecule has 0 unspecified atom stereocenters. The van der Waals surface area contributed by atoms with Crippen LogP contribution >= 0.6 is 0 Å². The fourth-order valence-corrected chi connectivity index (χ4v) is 2.74. The van der Waals surface area contributed by atoms with E-state index in [1.54, 1.807) is 0 Å². The van der Waals surface area contributed by atoms with Crippen molar-refractivity contribution in [1.29, 1.82) is 0 Å². The Hall–Kier alpha value is -3.61. The number of carbonyl (C=O) groups is 1. The van der Waals surface area contributed by atoms with E-state index in [0.29, 0.717) is 16.9 Å². The Balaban J connectivity index is 2.25. The zero-order chi connectivity index (χ0) is 19.7. The number of anilines is 2. The number of benzene rings is 2. The Kier molecular flexibility index (Phi) is 4.68. The molecular formula is C20H18FN3O3. The quantitative estimate of drug-likeness (QED) is 0.692. The van der Waals surface area contributed by atoms with Crippen LogP contribution < -0.4 is 16.1 Å². The summed E-state index contributed by atoms with van der Waals surface area (Å²) in [6, 6.07) is 12.7. The number of nitrogen functional groups attached to an aromatic ring is 1. The lowest BCUT2D eigenvalue weighted by atomic mass is 10.1. The standard InChI is InChI=1S/C20H18FN3O3/c1-23(2)13-5-3-12(4-6-13)18-10-19(25)15(20(26)27)11-24(18)14-7-8-16(21)17(22)9-14/h3-11H,22H2,1-2H3,(H,26,27). The van der Waals surface area contributed by atoms with Crippen molar-refractivity contribution in [3.05, 3.63) is 76.3 Å². The Labute approximate surface area is 154 Å². The van der Waals surface area contributed by atoms with E-state index in [1.165, 1.54) is 35.0 Å². The summed E-state index contributed by atoms with van der Waals surface area (Å²) in [4.78, 5) is 25.6. The van der Waals surface area contributed by atoms with Gasteiger partial charge in [-0.2, -0.15) is 0 Å². The van der Waals surface area contributed by atoms with E-state index in [-0.39, 0.29) is 11.3 Å². The summed E-state index contributed by atoms with van der Waals surface area (Å²) in [6.07, 6.45) is 1.23. The zero-order valence-corrected chi connectivity index (χ0v) is 14.8. The highest BCUT2D eigenvalue weighted by molar-refractivity contribution is 5.88. The molecule has 0 aliphatic carbocycles. The van der Waals surface area contributed by atoms with Gasteiger partial charge in [-0.1, -0.05) is 12.1 Å². The number of hydrogen-bond acceptors (Lipinski definition) is 4. The summed E-state index contributed by atoms with van der Waals surface area (Å²) in [5.74, 6) is -1.91. The lowest BCUT2D eigenvalue weighted by molar-refractivity contribution is 0.0695. The summed E-state index contributed by atoms with van der Waals surface area (Å²) < 4.78 is 15.1. The second-order valence-corrected chi connectivity index (χ2v) is 6.26. The van der Waals surface area contributed by atoms with Crippen LogP contribution in [0.3, 0.4) is 0 Å². The van der Waals surface area contributed by atoms with Crippen LogP contribution in [0.15, 0.2) is 59.5 Å². The molecule has 1 aromatic heterocycles. The van der Waals surface area contributed by atoms with Gasteiger partial charge in [-0.15, -0.1) is 0 Å². The van der Waals surface area contributed by atoms with Crippen molar-refractivity contribution >= 4 is 17.3 Å². The highest BCUT2D eigenvalue weighted by Crippen LogP contribution is 2.26. The molecule has 2 aromatic carbocycles. The summed E-state index contributed by atoms with van der Waals surface area (Å²) in [6.45, 7) is 0. The molecule has 0 bridgehead atoms. The maximum atomic E-state index is 13.5. The van der Waals surface area contributed by atoms with Crippen molar-refractivity contribution in [2.24, 2.45) is 0 Å². The Morgan fingerprint density at radius 3 is 2.33 bits per heavy atom. The molecule has 0 fully saturated rings. The van der Waals surface area contributed by atoms with E-state index in [4.69, 9.17) is 5.73 Å². The second-order valence-electron chi connectivity index (χ2n) is 6.26. The van der Waals surface area contributed by atoms with Crippen LogP contribution in [-0.2, 0) is 0 Å². The molecular weight excluding hydrogens is 349 g/mol. The van der Waals surface area contributed by atoms with E-state index >= 15 is 0 Å². The number of halogens is 1. The van der Waals surface area contributed by atoms with Crippen molar-refractivity contribution < 1.29 is 14.3 Å². The first-order valence-electron chi connectivity index (χ1n) is 8.11. The molecule has 138 valence electrons. The minimum absolute atomic E-state index is 0.0722. The molecule has 0 radical (unpaired) electrons. The van der Waals surface area contributed by atoms with Crippen LogP contribution in [-0.4, -0.2) is 29.7 Å². The number of carboxylic acid groups (broad SMARTS) is 1. The summed E-state index contributed by atoms with van der Waals surface area (Å²) in [5.41, 5.74) is 7.19. The third kappa shape index (κ3) is 3.52. The molecule has 0 saturated carbocycles. The fraction of sp³-hybridized carbons (Fsp3) is 0.100. The van der Waals surface area contributed by atoms with Gasteiger partial charge in [-0.05, 0) is 35.9 Å². The van der Waals surface area contributed by atoms with E-state index in [0.717, 1.165) is 5.69 Å². The van der Waals surface area contributed by atoms with E-state index in [1.807, 2.05) is 43.3 Å². The van der Waals surface area contributed by atoms with Gasteiger partial charge in [-0.3, -0.25) is 4.79 Å². The molecule has 0 amide bonds. The SMILES string of the molecule is CN(C)c1ccc(-c2cc(=O)c(C(=O)O)cn2-c2ccc(F)c(N)c2)cc1. The average Bonchev–Trinajstić information content (AvgIpc) is 2.63. The maximum Gasteiger partial charge on any atom is 0.341 e. The molecule has 7 heteroatoms. The highest BCUT2D eigenvalue weighted by atomic mass is 19.1. The molecule has 0 atom stereocenters. The largest absolute Gasteiger partial charge is 0.477 e. The molecule has 0 aliphatic heterocycles. The lowest BCUT2D eigenvalue weighted by Crippen LogP contribution is -2.18. The molecule has 3 N–H and O–H groups in total. The highest BCUT2D eigenvalue weighted by Gasteiger charge is 2.15. The van der Waals surface area contributed by atoms with Gasteiger partial charge in [0.25, 0.3) is 0 Å². The van der Waals surface area contributed by atoms with Crippen LogP contribution in [0.4, 0.5) is 15.8 Å². The third-order valence-corrected chi connectivity index (χ3v) is 4.22.